The van der Waals surface area contributed by atoms with Crippen LogP contribution >= 0.6 is 0 Å². The van der Waals surface area contributed by atoms with Gasteiger partial charge in [-0.15, -0.1) is 0 Å². The molecule has 0 radical (unpaired) electrons. The van der Waals surface area contributed by atoms with Gasteiger partial charge in [0.15, 0.2) is 5.78 Å². The Kier molecular flexibility index (Phi) is 5.66. The first-order valence-corrected chi connectivity index (χ1v) is 7.50. The van der Waals surface area contributed by atoms with Crippen molar-refractivity contribution < 1.29 is 14.3 Å². The molecule has 0 aliphatic heterocycles. The molecule has 0 bridgehead atoms. The normalized spacial score (nSPS) is 10.4. The van der Waals surface area contributed by atoms with Gasteiger partial charge in [-0.1, -0.05) is 23.8 Å². The maximum Gasteiger partial charge on any atom is 0.221 e. The van der Waals surface area contributed by atoms with E-state index in [-0.39, 0.29) is 18.3 Å². The Morgan fingerprint density at radius 1 is 1.04 bits per heavy atom. The molecule has 23 heavy (non-hydrogen) atoms. The average Bonchev–Trinajstić information content (AvgIpc) is 2.49. The lowest BCUT2D eigenvalue weighted by Crippen LogP contribution is -2.10. The maximum absolute atomic E-state index is 12.1. The molecular formula is C19H21NO3. The Bertz CT molecular complexity index is 705. The van der Waals surface area contributed by atoms with Crippen LogP contribution in [0, 0.1) is 13.8 Å². The second-order valence-corrected chi connectivity index (χ2v) is 5.60. The third-order valence-corrected chi connectivity index (χ3v) is 3.52. The van der Waals surface area contributed by atoms with E-state index in [0.29, 0.717) is 17.9 Å². The second-order valence-electron chi connectivity index (χ2n) is 5.60. The van der Waals surface area contributed by atoms with Gasteiger partial charge in [-0.2, -0.15) is 0 Å². The molecule has 0 fully saturated rings. The van der Waals surface area contributed by atoms with Crippen molar-refractivity contribution >= 4 is 17.4 Å². The van der Waals surface area contributed by atoms with Crippen LogP contribution in [0.1, 0.15) is 34.0 Å². The Morgan fingerprint density at radius 2 is 1.74 bits per heavy atom. The Morgan fingerprint density at radius 3 is 2.35 bits per heavy atom. The van der Waals surface area contributed by atoms with E-state index >= 15 is 0 Å². The van der Waals surface area contributed by atoms with Crippen LogP contribution in [0.4, 0.5) is 5.69 Å². The molecular weight excluding hydrogens is 290 g/mol. The molecule has 0 heterocycles. The van der Waals surface area contributed by atoms with Gasteiger partial charge in [0.2, 0.25) is 5.91 Å². The van der Waals surface area contributed by atoms with E-state index in [2.05, 4.69) is 11.4 Å². The van der Waals surface area contributed by atoms with Gasteiger partial charge in [0.05, 0.1) is 6.61 Å². The van der Waals surface area contributed by atoms with E-state index in [1.165, 1.54) is 12.5 Å². The van der Waals surface area contributed by atoms with Gasteiger partial charge in [0.25, 0.3) is 0 Å². The lowest BCUT2D eigenvalue weighted by molar-refractivity contribution is -0.114. The summed E-state index contributed by atoms with van der Waals surface area (Å²) in [6.45, 7) is 5.98. The van der Waals surface area contributed by atoms with E-state index in [1.54, 1.807) is 24.3 Å². The molecule has 0 aliphatic rings. The molecule has 1 amide bonds. The van der Waals surface area contributed by atoms with Gasteiger partial charge in [-0.3, -0.25) is 9.59 Å². The highest BCUT2D eigenvalue weighted by molar-refractivity contribution is 5.97. The van der Waals surface area contributed by atoms with Crippen molar-refractivity contribution in [1.29, 1.82) is 0 Å². The van der Waals surface area contributed by atoms with E-state index in [4.69, 9.17) is 4.74 Å². The number of carbonyl (C=O) groups excluding carboxylic acids is 2. The molecule has 1 N–H and O–H groups in total. The number of nitrogens with one attached hydrogen (secondary N) is 1. The van der Waals surface area contributed by atoms with Crippen molar-refractivity contribution in [3.05, 3.63) is 64.7 Å². The van der Waals surface area contributed by atoms with E-state index < -0.39 is 0 Å². The molecule has 0 spiro atoms. The molecule has 0 aliphatic carbocycles. The molecule has 120 valence electrons. The number of amides is 1. The summed E-state index contributed by atoms with van der Waals surface area (Å²) >= 11 is 0. The minimum atomic E-state index is -0.138. The number of hydrogen-bond donors (Lipinski definition) is 1. The van der Waals surface area contributed by atoms with Crippen LogP contribution in [0.25, 0.3) is 0 Å². The number of rotatable bonds is 6. The summed E-state index contributed by atoms with van der Waals surface area (Å²) in [6, 6.07) is 13.0. The predicted molar refractivity (Wildman–Crippen MR) is 90.6 cm³/mol. The molecule has 4 nitrogen and oxygen atoms in total. The topological polar surface area (TPSA) is 55.4 Å². The van der Waals surface area contributed by atoms with Crippen molar-refractivity contribution in [1.82, 2.24) is 0 Å². The molecule has 2 aromatic rings. The summed E-state index contributed by atoms with van der Waals surface area (Å²) in [4.78, 5) is 23.1. The number of benzene rings is 2. The summed E-state index contributed by atoms with van der Waals surface area (Å²) < 4.78 is 5.53. The van der Waals surface area contributed by atoms with Crippen molar-refractivity contribution in [3.63, 3.8) is 0 Å². The van der Waals surface area contributed by atoms with Gasteiger partial charge < -0.3 is 10.1 Å². The van der Waals surface area contributed by atoms with E-state index in [1.807, 2.05) is 26.0 Å². The van der Waals surface area contributed by atoms with Crippen LogP contribution in [-0.2, 0) is 16.1 Å². The third-order valence-electron chi connectivity index (χ3n) is 3.52. The van der Waals surface area contributed by atoms with Gasteiger partial charge in [0, 0.05) is 18.2 Å². The highest BCUT2D eigenvalue weighted by atomic mass is 16.5. The molecule has 0 saturated carbocycles. The zero-order valence-electron chi connectivity index (χ0n) is 13.7. The highest BCUT2D eigenvalue weighted by Crippen LogP contribution is 2.13. The van der Waals surface area contributed by atoms with Crippen LogP contribution in [-0.4, -0.2) is 18.3 Å². The van der Waals surface area contributed by atoms with Crippen LogP contribution in [0.15, 0.2) is 42.5 Å². The number of ketones is 1. The smallest absolute Gasteiger partial charge is 0.221 e. The van der Waals surface area contributed by atoms with Crippen molar-refractivity contribution in [2.45, 2.75) is 27.4 Å². The maximum atomic E-state index is 12.1. The molecule has 0 aromatic heterocycles. The summed E-state index contributed by atoms with van der Waals surface area (Å²) in [5, 5.41) is 2.66. The lowest BCUT2D eigenvalue weighted by atomic mass is 10.1. The first-order valence-electron chi connectivity index (χ1n) is 7.50. The van der Waals surface area contributed by atoms with Crippen molar-refractivity contribution in [2.75, 3.05) is 11.9 Å². The number of carbonyl (C=O) groups is 2. The Labute approximate surface area is 136 Å². The highest BCUT2D eigenvalue weighted by Gasteiger charge is 2.07. The summed E-state index contributed by atoms with van der Waals surface area (Å²) in [5.74, 6) is -0.218. The standard InChI is InChI=1S/C19H21NO3/c1-13-4-5-17(14(2)10-13)11-23-12-19(22)16-6-8-18(9-7-16)20-15(3)21/h4-10H,11-12H2,1-3H3,(H,20,21). The molecule has 0 unspecified atom stereocenters. The number of aryl methyl sites for hydroxylation is 2. The fourth-order valence-electron chi connectivity index (χ4n) is 2.29. The largest absolute Gasteiger partial charge is 0.369 e. The second kappa shape index (κ2) is 7.70. The van der Waals surface area contributed by atoms with Crippen LogP contribution in [0.3, 0.4) is 0 Å². The monoisotopic (exact) mass is 311 g/mol. The van der Waals surface area contributed by atoms with Crippen LogP contribution in [0.2, 0.25) is 0 Å². The zero-order valence-corrected chi connectivity index (χ0v) is 13.7. The molecule has 0 atom stereocenters. The molecule has 4 heteroatoms. The fourth-order valence-corrected chi connectivity index (χ4v) is 2.29. The summed E-state index contributed by atoms with van der Waals surface area (Å²) in [5.41, 5.74) is 4.70. The Balaban J connectivity index is 1.88. The first-order chi connectivity index (χ1) is 11.0. The van der Waals surface area contributed by atoms with Gasteiger partial charge >= 0.3 is 0 Å². The van der Waals surface area contributed by atoms with Crippen molar-refractivity contribution in [2.24, 2.45) is 0 Å². The molecule has 2 rings (SSSR count). The first kappa shape index (κ1) is 16.9. The van der Waals surface area contributed by atoms with Crippen LogP contribution in [0.5, 0.6) is 0 Å². The van der Waals surface area contributed by atoms with Gasteiger partial charge in [0.1, 0.15) is 6.61 Å². The minimum absolute atomic E-state index is 0.0345. The lowest BCUT2D eigenvalue weighted by Gasteiger charge is -2.08. The quantitative estimate of drug-likeness (QED) is 0.828. The SMILES string of the molecule is CC(=O)Nc1ccc(C(=O)COCc2ccc(C)cc2C)cc1. The Hall–Kier alpha value is -2.46. The number of ether oxygens (including phenoxy) is 1. The average molecular weight is 311 g/mol. The van der Waals surface area contributed by atoms with Gasteiger partial charge in [-0.05, 0) is 49.2 Å². The zero-order chi connectivity index (χ0) is 16.8. The summed E-state index contributed by atoms with van der Waals surface area (Å²) in [6.07, 6.45) is 0. The third kappa shape index (κ3) is 5.04. The van der Waals surface area contributed by atoms with Crippen LogP contribution < -0.4 is 5.32 Å². The summed E-state index contributed by atoms with van der Waals surface area (Å²) in [7, 11) is 0. The van der Waals surface area contributed by atoms with Gasteiger partial charge in [-0.25, -0.2) is 0 Å². The predicted octanol–water partition coefficient (Wildman–Crippen LogP) is 3.66. The van der Waals surface area contributed by atoms with Crippen molar-refractivity contribution in [3.8, 4) is 0 Å². The molecule has 2 aromatic carbocycles. The number of anilines is 1. The number of Topliss-reactive ketones (excluding diaryl/α,β-unsaturated/α-hetero) is 1. The minimum Gasteiger partial charge on any atom is -0.369 e. The van der Waals surface area contributed by atoms with E-state index in [0.717, 1.165) is 11.1 Å². The molecule has 0 saturated heterocycles. The number of hydrogen-bond acceptors (Lipinski definition) is 3. The van der Waals surface area contributed by atoms with E-state index in [9.17, 15) is 9.59 Å². The fraction of sp³-hybridized carbons (Fsp3) is 0.263.